The predicted molar refractivity (Wildman–Crippen MR) is 112 cm³/mol. The van der Waals surface area contributed by atoms with Gasteiger partial charge in [-0.05, 0) is 70.0 Å². The Balaban J connectivity index is 2.76. The molecule has 1 aromatic carbocycles. The Morgan fingerprint density at radius 2 is 1.70 bits per heavy atom. The first-order chi connectivity index (χ1) is 12.5. The second-order valence-corrected chi connectivity index (χ2v) is 8.41. The SMILES string of the molecule is CCOC(=O)[C@@H](OC(C)(C)C)c1c(C)nc(C)c(Br)c1-c1ccc(C)cc1. The van der Waals surface area contributed by atoms with Crippen molar-refractivity contribution in [3.63, 3.8) is 0 Å². The molecule has 5 heteroatoms. The maximum absolute atomic E-state index is 12.8. The number of aryl methyl sites for hydroxylation is 3. The number of aromatic nitrogens is 1. The zero-order chi connectivity index (χ0) is 20.4. The van der Waals surface area contributed by atoms with Gasteiger partial charge >= 0.3 is 5.97 Å². The normalized spacial score (nSPS) is 12.7. The minimum atomic E-state index is -0.856. The molecule has 0 amide bonds. The maximum atomic E-state index is 12.8. The van der Waals surface area contributed by atoms with Crippen molar-refractivity contribution >= 4 is 21.9 Å². The lowest BCUT2D eigenvalue weighted by Crippen LogP contribution is -2.30. The number of carbonyl (C=O) groups is 1. The van der Waals surface area contributed by atoms with Crippen molar-refractivity contribution in [2.75, 3.05) is 6.61 Å². The van der Waals surface area contributed by atoms with E-state index >= 15 is 0 Å². The van der Waals surface area contributed by atoms with E-state index in [-0.39, 0.29) is 0 Å². The van der Waals surface area contributed by atoms with Gasteiger partial charge in [0.2, 0.25) is 0 Å². The highest BCUT2D eigenvalue weighted by Crippen LogP contribution is 2.40. The van der Waals surface area contributed by atoms with Crippen LogP contribution in [0.15, 0.2) is 28.7 Å². The average molecular weight is 434 g/mol. The topological polar surface area (TPSA) is 48.4 Å². The Morgan fingerprint density at radius 3 is 2.22 bits per heavy atom. The second-order valence-electron chi connectivity index (χ2n) is 7.61. The molecule has 2 aromatic rings. The van der Waals surface area contributed by atoms with Crippen LogP contribution in [-0.4, -0.2) is 23.2 Å². The van der Waals surface area contributed by atoms with Gasteiger partial charge in [-0.2, -0.15) is 0 Å². The van der Waals surface area contributed by atoms with Gasteiger partial charge in [0, 0.05) is 21.3 Å². The van der Waals surface area contributed by atoms with E-state index in [9.17, 15) is 4.79 Å². The monoisotopic (exact) mass is 433 g/mol. The summed E-state index contributed by atoms with van der Waals surface area (Å²) in [6, 6.07) is 8.22. The van der Waals surface area contributed by atoms with E-state index in [1.165, 1.54) is 5.56 Å². The van der Waals surface area contributed by atoms with Crippen LogP contribution in [0.4, 0.5) is 0 Å². The van der Waals surface area contributed by atoms with Crippen LogP contribution >= 0.6 is 15.9 Å². The van der Waals surface area contributed by atoms with E-state index in [0.29, 0.717) is 6.61 Å². The molecule has 146 valence electrons. The third-order valence-electron chi connectivity index (χ3n) is 4.11. The van der Waals surface area contributed by atoms with Crippen molar-refractivity contribution in [2.45, 2.75) is 60.2 Å². The molecule has 0 unspecified atom stereocenters. The summed E-state index contributed by atoms with van der Waals surface area (Å²) in [5, 5.41) is 0. The molecule has 1 aromatic heterocycles. The van der Waals surface area contributed by atoms with E-state index in [0.717, 1.165) is 32.6 Å². The zero-order valence-electron chi connectivity index (χ0n) is 17.1. The van der Waals surface area contributed by atoms with Gasteiger partial charge in [0.1, 0.15) is 0 Å². The Hall–Kier alpha value is -1.72. The van der Waals surface area contributed by atoms with E-state index in [1.54, 1.807) is 6.92 Å². The Morgan fingerprint density at radius 1 is 1.11 bits per heavy atom. The van der Waals surface area contributed by atoms with Crippen LogP contribution in [0, 0.1) is 20.8 Å². The zero-order valence-corrected chi connectivity index (χ0v) is 18.7. The number of halogens is 1. The molecule has 0 aliphatic rings. The van der Waals surface area contributed by atoms with Crippen molar-refractivity contribution in [3.8, 4) is 11.1 Å². The van der Waals surface area contributed by atoms with E-state index in [4.69, 9.17) is 9.47 Å². The highest BCUT2D eigenvalue weighted by molar-refractivity contribution is 9.10. The fourth-order valence-corrected chi connectivity index (χ4v) is 3.49. The standard InChI is InChI=1S/C22H28BrNO3/c1-8-26-21(25)20(27-22(5,6)7)17-14(3)24-15(4)19(23)18(17)16-11-9-13(2)10-12-16/h9-12,20H,8H2,1-7H3/t20-/m0/s1. The minimum absolute atomic E-state index is 0.294. The summed E-state index contributed by atoms with van der Waals surface area (Å²) in [6.07, 6.45) is -0.856. The third kappa shape index (κ3) is 5.17. The average Bonchev–Trinajstić information content (AvgIpc) is 2.56. The number of nitrogens with zero attached hydrogens (tertiary/aromatic N) is 1. The summed E-state index contributed by atoms with van der Waals surface area (Å²) in [5.74, 6) is -0.401. The molecule has 0 aliphatic carbocycles. The fraction of sp³-hybridized carbons (Fsp3) is 0.455. The second kappa shape index (κ2) is 8.53. The first-order valence-corrected chi connectivity index (χ1v) is 9.92. The summed E-state index contributed by atoms with van der Waals surface area (Å²) >= 11 is 3.69. The Kier molecular flexibility index (Phi) is 6.82. The molecule has 1 atom stereocenters. The van der Waals surface area contributed by atoms with Gasteiger partial charge in [0.25, 0.3) is 0 Å². The van der Waals surface area contributed by atoms with Crippen molar-refractivity contribution in [1.82, 2.24) is 4.98 Å². The van der Waals surface area contributed by atoms with Crippen LogP contribution in [-0.2, 0) is 14.3 Å². The molecular formula is C22H28BrNO3. The molecule has 0 saturated heterocycles. The van der Waals surface area contributed by atoms with E-state index in [2.05, 4.69) is 45.2 Å². The molecule has 2 rings (SSSR count). The van der Waals surface area contributed by atoms with Crippen LogP contribution in [0.1, 0.15) is 56.3 Å². The highest BCUT2D eigenvalue weighted by Gasteiger charge is 2.33. The van der Waals surface area contributed by atoms with Crippen molar-refractivity contribution in [2.24, 2.45) is 0 Å². The summed E-state index contributed by atoms with van der Waals surface area (Å²) in [6.45, 7) is 13.8. The predicted octanol–water partition coefficient (Wildman–Crippen LogP) is 5.86. The van der Waals surface area contributed by atoms with Gasteiger partial charge in [-0.25, -0.2) is 4.79 Å². The number of hydrogen-bond acceptors (Lipinski definition) is 4. The summed E-state index contributed by atoms with van der Waals surface area (Å²) < 4.78 is 12.4. The van der Waals surface area contributed by atoms with Crippen molar-refractivity contribution in [3.05, 3.63) is 51.3 Å². The van der Waals surface area contributed by atoms with Gasteiger partial charge in [-0.3, -0.25) is 4.98 Å². The molecule has 0 saturated carbocycles. The van der Waals surface area contributed by atoms with Crippen LogP contribution in [0.5, 0.6) is 0 Å². The fourth-order valence-electron chi connectivity index (χ4n) is 2.96. The number of rotatable bonds is 5. The van der Waals surface area contributed by atoms with Crippen molar-refractivity contribution in [1.29, 1.82) is 0 Å². The summed E-state index contributed by atoms with van der Waals surface area (Å²) in [5.41, 5.74) is 4.94. The van der Waals surface area contributed by atoms with E-state index in [1.807, 2.05) is 41.5 Å². The first-order valence-electron chi connectivity index (χ1n) is 9.13. The number of esters is 1. The van der Waals surface area contributed by atoms with Gasteiger partial charge in [-0.15, -0.1) is 0 Å². The van der Waals surface area contributed by atoms with Crippen LogP contribution in [0.3, 0.4) is 0 Å². The van der Waals surface area contributed by atoms with Crippen LogP contribution in [0.2, 0.25) is 0 Å². The summed E-state index contributed by atoms with van der Waals surface area (Å²) in [7, 11) is 0. The molecule has 0 radical (unpaired) electrons. The molecule has 0 N–H and O–H groups in total. The number of hydrogen-bond donors (Lipinski definition) is 0. The molecule has 0 spiro atoms. The molecule has 27 heavy (non-hydrogen) atoms. The molecular weight excluding hydrogens is 406 g/mol. The maximum Gasteiger partial charge on any atom is 0.340 e. The lowest BCUT2D eigenvalue weighted by atomic mass is 9.93. The van der Waals surface area contributed by atoms with Gasteiger partial charge < -0.3 is 9.47 Å². The first kappa shape index (κ1) is 21.6. The number of ether oxygens (including phenoxy) is 2. The Bertz CT molecular complexity index is 823. The lowest BCUT2D eigenvalue weighted by Gasteiger charge is -2.29. The van der Waals surface area contributed by atoms with Gasteiger partial charge in [0.15, 0.2) is 6.10 Å². The smallest absolute Gasteiger partial charge is 0.340 e. The molecule has 0 fully saturated rings. The lowest BCUT2D eigenvalue weighted by molar-refractivity contribution is -0.166. The van der Waals surface area contributed by atoms with Gasteiger partial charge in [0.05, 0.1) is 17.9 Å². The number of carbonyl (C=O) groups excluding carboxylic acids is 1. The largest absolute Gasteiger partial charge is 0.464 e. The van der Waals surface area contributed by atoms with Crippen LogP contribution in [0.25, 0.3) is 11.1 Å². The third-order valence-corrected chi connectivity index (χ3v) is 5.08. The molecule has 0 aliphatic heterocycles. The minimum Gasteiger partial charge on any atom is -0.464 e. The van der Waals surface area contributed by atoms with Crippen LogP contribution < -0.4 is 0 Å². The summed E-state index contributed by atoms with van der Waals surface area (Å²) in [4.78, 5) is 17.5. The van der Waals surface area contributed by atoms with E-state index < -0.39 is 17.7 Å². The quantitative estimate of drug-likeness (QED) is 0.554. The highest BCUT2D eigenvalue weighted by atomic mass is 79.9. The van der Waals surface area contributed by atoms with Gasteiger partial charge in [-0.1, -0.05) is 29.8 Å². The molecule has 0 bridgehead atoms. The Labute approximate surface area is 170 Å². The molecule has 1 heterocycles. The van der Waals surface area contributed by atoms with Crippen molar-refractivity contribution < 1.29 is 14.3 Å². The number of benzene rings is 1. The molecule has 4 nitrogen and oxygen atoms in total. The number of pyridine rings is 1.